The predicted octanol–water partition coefficient (Wildman–Crippen LogP) is 3.47. The van der Waals surface area contributed by atoms with Crippen LogP contribution in [0, 0.1) is 0 Å². The van der Waals surface area contributed by atoms with Crippen molar-refractivity contribution in [2.24, 2.45) is 5.73 Å². The molecule has 1 atom stereocenters. The Morgan fingerprint density at radius 1 is 0.957 bits per heavy atom. The van der Waals surface area contributed by atoms with Crippen LogP contribution in [0.3, 0.4) is 0 Å². The van der Waals surface area contributed by atoms with Gasteiger partial charge >= 0.3 is 0 Å². The van der Waals surface area contributed by atoms with E-state index in [2.05, 4.69) is 5.32 Å². The van der Waals surface area contributed by atoms with Gasteiger partial charge in [0.1, 0.15) is 6.04 Å². The van der Waals surface area contributed by atoms with Crippen LogP contribution in [0.4, 0.5) is 0 Å². The van der Waals surface area contributed by atoms with Crippen LogP contribution in [0.1, 0.15) is 15.9 Å². The molecule has 0 aliphatic heterocycles. The first-order valence-electron chi connectivity index (χ1n) is 6.67. The number of carbonyl (C=O) groups is 2. The Bertz CT molecular complexity index is 730. The van der Waals surface area contributed by atoms with E-state index in [1.165, 1.54) is 0 Å². The third-order valence-electron chi connectivity index (χ3n) is 3.24. The monoisotopic (exact) mass is 370 g/mol. The number of nitrogens with two attached hydrogens (primary N) is 1. The summed E-state index contributed by atoms with van der Waals surface area (Å²) in [6.45, 7) is 0. The molecule has 0 aromatic heterocycles. The van der Waals surface area contributed by atoms with Gasteiger partial charge in [0.05, 0.1) is 10.6 Å². The van der Waals surface area contributed by atoms with Crippen LogP contribution in [-0.4, -0.2) is 17.9 Å². The van der Waals surface area contributed by atoms with Crippen LogP contribution in [0.25, 0.3) is 0 Å². The van der Waals surface area contributed by atoms with E-state index < -0.39 is 17.9 Å². The number of hydrogen-bond acceptors (Lipinski definition) is 2. The molecule has 0 aliphatic carbocycles. The first-order chi connectivity index (χ1) is 10.9. The topological polar surface area (TPSA) is 72.2 Å². The van der Waals surface area contributed by atoms with E-state index in [1.807, 2.05) is 0 Å². The second kappa shape index (κ2) is 7.68. The second-order valence-electron chi connectivity index (χ2n) is 4.81. The highest BCUT2D eigenvalue weighted by Gasteiger charge is 2.22. The number of nitrogens with one attached hydrogen (secondary N) is 1. The molecule has 2 amide bonds. The molecule has 2 rings (SSSR count). The van der Waals surface area contributed by atoms with Crippen molar-refractivity contribution in [1.29, 1.82) is 0 Å². The van der Waals surface area contributed by atoms with Crippen LogP contribution in [-0.2, 0) is 11.2 Å². The van der Waals surface area contributed by atoms with Crippen molar-refractivity contribution in [1.82, 2.24) is 5.32 Å². The molecule has 0 fully saturated rings. The Kier molecular flexibility index (Phi) is 5.88. The van der Waals surface area contributed by atoms with Gasteiger partial charge in [-0.25, -0.2) is 0 Å². The van der Waals surface area contributed by atoms with Crippen LogP contribution < -0.4 is 11.1 Å². The minimum atomic E-state index is -0.962. The second-order valence-corrected chi connectivity index (χ2v) is 6.03. The average molecular weight is 372 g/mol. The zero-order chi connectivity index (χ0) is 17.0. The van der Waals surface area contributed by atoms with Gasteiger partial charge in [0.2, 0.25) is 5.91 Å². The first-order valence-corrected chi connectivity index (χ1v) is 7.81. The molecule has 23 heavy (non-hydrogen) atoms. The van der Waals surface area contributed by atoms with Crippen molar-refractivity contribution in [3.63, 3.8) is 0 Å². The zero-order valence-corrected chi connectivity index (χ0v) is 14.1. The molecule has 2 aromatic carbocycles. The lowest BCUT2D eigenvalue weighted by molar-refractivity contribution is -0.119. The average Bonchev–Trinajstić information content (AvgIpc) is 2.50. The molecule has 0 heterocycles. The summed E-state index contributed by atoms with van der Waals surface area (Å²) in [6, 6.07) is 10.5. The summed E-state index contributed by atoms with van der Waals surface area (Å²) in [4.78, 5) is 23.9. The molecule has 4 nitrogen and oxygen atoms in total. The zero-order valence-electron chi connectivity index (χ0n) is 11.9. The van der Waals surface area contributed by atoms with Crippen molar-refractivity contribution in [3.05, 3.63) is 68.7 Å². The summed E-state index contributed by atoms with van der Waals surface area (Å²) in [7, 11) is 0. The fourth-order valence-corrected chi connectivity index (χ4v) is 2.81. The summed E-state index contributed by atoms with van der Waals surface area (Å²) in [6.07, 6.45) is 0.0873. The van der Waals surface area contributed by atoms with Crippen molar-refractivity contribution < 1.29 is 9.59 Å². The lowest BCUT2D eigenvalue weighted by Crippen LogP contribution is -2.46. The summed E-state index contributed by atoms with van der Waals surface area (Å²) in [5, 5.41) is 3.64. The lowest BCUT2D eigenvalue weighted by Gasteiger charge is -2.17. The third-order valence-corrected chi connectivity index (χ3v) is 4.27. The molecule has 0 saturated carbocycles. The Labute approximate surface area is 148 Å². The molecular formula is C16H13Cl3N2O2. The minimum Gasteiger partial charge on any atom is -0.368 e. The van der Waals surface area contributed by atoms with E-state index in [0.29, 0.717) is 15.6 Å². The largest absolute Gasteiger partial charge is 0.368 e. The van der Waals surface area contributed by atoms with E-state index in [-0.39, 0.29) is 17.0 Å². The lowest BCUT2D eigenvalue weighted by atomic mass is 10.0. The fraction of sp³-hybridized carbons (Fsp3) is 0.125. The van der Waals surface area contributed by atoms with Crippen molar-refractivity contribution in [2.45, 2.75) is 12.5 Å². The van der Waals surface area contributed by atoms with Gasteiger partial charge < -0.3 is 11.1 Å². The molecule has 0 radical (unpaired) electrons. The number of hydrogen-bond donors (Lipinski definition) is 2. The highest BCUT2D eigenvalue weighted by molar-refractivity contribution is 6.36. The number of rotatable bonds is 5. The summed E-state index contributed by atoms with van der Waals surface area (Å²) >= 11 is 18.1. The van der Waals surface area contributed by atoms with E-state index in [1.54, 1.807) is 42.5 Å². The highest BCUT2D eigenvalue weighted by Crippen LogP contribution is 2.25. The molecule has 2 aromatic rings. The molecule has 0 aliphatic rings. The number of primary amides is 1. The van der Waals surface area contributed by atoms with Crippen molar-refractivity contribution in [2.75, 3.05) is 0 Å². The van der Waals surface area contributed by atoms with Gasteiger partial charge in [-0.1, -0.05) is 53.0 Å². The number of carbonyl (C=O) groups excluding carboxylic acids is 2. The predicted molar refractivity (Wildman–Crippen MR) is 92.1 cm³/mol. The number of benzene rings is 2. The summed E-state index contributed by atoms with van der Waals surface area (Å²) < 4.78 is 0. The van der Waals surface area contributed by atoms with Crippen molar-refractivity contribution in [3.8, 4) is 0 Å². The highest BCUT2D eigenvalue weighted by atomic mass is 35.5. The number of amides is 2. The minimum absolute atomic E-state index is 0.0873. The Morgan fingerprint density at radius 3 is 2.09 bits per heavy atom. The van der Waals surface area contributed by atoms with Gasteiger partial charge in [-0.2, -0.15) is 0 Å². The maximum atomic E-state index is 12.3. The SMILES string of the molecule is NC(=O)[C@@H](Cc1c(Cl)cccc1Cl)NC(=O)c1ccccc1Cl. The van der Waals surface area contributed by atoms with Gasteiger partial charge in [0.15, 0.2) is 0 Å². The van der Waals surface area contributed by atoms with Gasteiger partial charge in [-0.05, 0) is 29.8 Å². The molecule has 3 N–H and O–H groups in total. The van der Waals surface area contributed by atoms with Crippen LogP contribution in [0.15, 0.2) is 42.5 Å². The Morgan fingerprint density at radius 2 is 1.52 bits per heavy atom. The fourth-order valence-electron chi connectivity index (χ4n) is 2.04. The molecule has 7 heteroatoms. The van der Waals surface area contributed by atoms with Gasteiger partial charge in [-0.15, -0.1) is 0 Å². The van der Waals surface area contributed by atoms with Crippen molar-refractivity contribution >= 4 is 46.6 Å². The molecule has 0 unspecified atom stereocenters. The van der Waals surface area contributed by atoms with Crippen LogP contribution >= 0.6 is 34.8 Å². The maximum absolute atomic E-state index is 12.3. The molecule has 0 saturated heterocycles. The Balaban J connectivity index is 2.22. The smallest absolute Gasteiger partial charge is 0.253 e. The molecule has 120 valence electrons. The first kappa shape index (κ1) is 17.6. The quantitative estimate of drug-likeness (QED) is 0.844. The Hall–Kier alpha value is -1.75. The van der Waals surface area contributed by atoms with E-state index in [4.69, 9.17) is 40.5 Å². The van der Waals surface area contributed by atoms with Gasteiger partial charge in [0, 0.05) is 16.5 Å². The maximum Gasteiger partial charge on any atom is 0.253 e. The van der Waals surface area contributed by atoms with E-state index >= 15 is 0 Å². The van der Waals surface area contributed by atoms with Crippen LogP contribution in [0.2, 0.25) is 15.1 Å². The van der Waals surface area contributed by atoms with E-state index in [0.717, 1.165) is 0 Å². The molecule has 0 bridgehead atoms. The molecular weight excluding hydrogens is 359 g/mol. The normalized spacial score (nSPS) is 11.8. The van der Waals surface area contributed by atoms with E-state index in [9.17, 15) is 9.59 Å². The van der Waals surface area contributed by atoms with Crippen LogP contribution in [0.5, 0.6) is 0 Å². The summed E-state index contributed by atoms with van der Waals surface area (Å²) in [5.41, 5.74) is 6.17. The molecule has 0 spiro atoms. The van der Waals surface area contributed by atoms with Gasteiger partial charge in [0.25, 0.3) is 5.91 Å². The number of halogens is 3. The summed E-state index contributed by atoms with van der Waals surface area (Å²) in [5.74, 6) is -1.19. The standard InChI is InChI=1S/C16H13Cl3N2O2/c17-11-5-2-1-4-9(11)16(23)21-14(15(20)22)8-10-12(18)6-3-7-13(10)19/h1-7,14H,8H2,(H2,20,22)(H,21,23)/t14-/m1/s1. The van der Waals surface area contributed by atoms with Gasteiger partial charge in [-0.3, -0.25) is 9.59 Å². The third kappa shape index (κ3) is 4.38.